The molecule has 0 radical (unpaired) electrons. The lowest BCUT2D eigenvalue weighted by atomic mass is 9.85. The summed E-state index contributed by atoms with van der Waals surface area (Å²) in [6.07, 6.45) is 2.86. The van der Waals surface area contributed by atoms with Gasteiger partial charge < -0.3 is 14.6 Å². The monoisotopic (exact) mass is 416 g/mol. The Hall–Kier alpha value is -3.20. The number of ether oxygens (including phenoxy) is 2. The van der Waals surface area contributed by atoms with E-state index in [-0.39, 0.29) is 11.7 Å². The molecule has 0 fully saturated rings. The van der Waals surface area contributed by atoms with Crippen molar-refractivity contribution in [2.45, 2.75) is 39.0 Å². The summed E-state index contributed by atoms with van der Waals surface area (Å²) in [5, 5.41) is 10.5. The molecule has 0 heterocycles. The van der Waals surface area contributed by atoms with Gasteiger partial charge in [0.2, 0.25) is 0 Å². The number of rotatable bonds is 9. The van der Waals surface area contributed by atoms with Gasteiger partial charge in [-0.3, -0.25) is 0 Å². The van der Waals surface area contributed by atoms with Crippen LogP contribution in [-0.4, -0.2) is 19.3 Å². The van der Waals surface area contributed by atoms with E-state index in [1.165, 1.54) is 11.1 Å². The Morgan fingerprint density at radius 1 is 0.968 bits per heavy atom. The van der Waals surface area contributed by atoms with Crippen molar-refractivity contribution in [3.63, 3.8) is 0 Å². The summed E-state index contributed by atoms with van der Waals surface area (Å²) in [6.45, 7) is 8.78. The first-order valence-corrected chi connectivity index (χ1v) is 10.8. The van der Waals surface area contributed by atoms with Crippen molar-refractivity contribution in [2.24, 2.45) is 0 Å². The third-order valence-corrected chi connectivity index (χ3v) is 5.78. The molecule has 0 unspecified atom stereocenters. The highest BCUT2D eigenvalue weighted by atomic mass is 16.5. The molecular formula is C28H32O3. The normalized spacial score (nSPS) is 11.7. The topological polar surface area (TPSA) is 38.7 Å². The van der Waals surface area contributed by atoms with Gasteiger partial charge in [-0.1, -0.05) is 63.2 Å². The highest BCUT2D eigenvalue weighted by molar-refractivity contribution is 5.81. The van der Waals surface area contributed by atoms with Crippen LogP contribution in [0.1, 0.15) is 54.0 Å². The number of methoxy groups -OCH3 is 2. The van der Waals surface area contributed by atoms with Crippen molar-refractivity contribution in [3.05, 3.63) is 95.1 Å². The molecule has 3 aromatic carbocycles. The van der Waals surface area contributed by atoms with Crippen LogP contribution in [0, 0.1) is 0 Å². The Bertz CT molecular complexity index is 1040. The van der Waals surface area contributed by atoms with Crippen molar-refractivity contribution in [1.82, 2.24) is 0 Å². The van der Waals surface area contributed by atoms with Crippen LogP contribution >= 0.6 is 0 Å². The zero-order chi connectivity index (χ0) is 22.4. The molecule has 31 heavy (non-hydrogen) atoms. The molecule has 1 N–H and O–H groups in total. The number of phenolic OH excluding ortho intramolecular Hbond substituents is 1. The molecule has 3 aromatic rings. The van der Waals surface area contributed by atoms with E-state index in [4.69, 9.17) is 9.47 Å². The van der Waals surface area contributed by atoms with Gasteiger partial charge in [0.05, 0.1) is 14.2 Å². The Balaban J connectivity index is 2.01. The van der Waals surface area contributed by atoms with Crippen LogP contribution in [0.3, 0.4) is 0 Å². The minimum Gasteiger partial charge on any atom is -0.504 e. The maximum Gasteiger partial charge on any atom is 0.161 e. The van der Waals surface area contributed by atoms with Crippen LogP contribution in [0.25, 0.3) is 5.57 Å². The molecule has 0 aliphatic heterocycles. The van der Waals surface area contributed by atoms with E-state index in [0.717, 1.165) is 47.3 Å². The van der Waals surface area contributed by atoms with Crippen LogP contribution in [0.4, 0.5) is 0 Å². The van der Waals surface area contributed by atoms with E-state index >= 15 is 0 Å². The Morgan fingerprint density at radius 3 is 2.35 bits per heavy atom. The third kappa shape index (κ3) is 5.11. The van der Waals surface area contributed by atoms with Gasteiger partial charge in [-0.25, -0.2) is 0 Å². The number of hydrogen-bond donors (Lipinski definition) is 1. The summed E-state index contributed by atoms with van der Waals surface area (Å²) in [4.78, 5) is 0. The second kappa shape index (κ2) is 10.2. The molecule has 0 spiro atoms. The molecule has 3 rings (SSSR count). The molecule has 3 nitrogen and oxygen atoms in total. The molecule has 0 aromatic heterocycles. The zero-order valence-corrected chi connectivity index (χ0v) is 18.9. The predicted octanol–water partition coefficient (Wildman–Crippen LogP) is 6.77. The Kier molecular flexibility index (Phi) is 7.41. The molecule has 3 heteroatoms. The number of benzene rings is 3. The van der Waals surface area contributed by atoms with Crippen molar-refractivity contribution >= 4 is 5.57 Å². The lowest BCUT2D eigenvalue weighted by Crippen LogP contribution is -2.06. The predicted molar refractivity (Wildman–Crippen MR) is 128 cm³/mol. The summed E-state index contributed by atoms with van der Waals surface area (Å²) in [6, 6.07) is 20.2. The van der Waals surface area contributed by atoms with Crippen molar-refractivity contribution in [2.75, 3.05) is 14.2 Å². The summed E-state index contributed by atoms with van der Waals surface area (Å²) >= 11 is 0. The molecule has 0 bridgehead atoms. The first-order chi connectivity index (χ1) is 15.0. The van der Waals surface area contributed by atoms with Gasteiger partial charge in [0, 0.05) is 0 Å². The second-order valence-electron chi connectivity index (χ2n) is 7.95. The van der Waals surface area contributed by atoms with Crippen LogP contribution in [0.5, 0.6) is 17.2 Å². The number of phenols is 1. The molecular weight excluding hydrogens is 384 g/mol. The SMILES string of the molecule is C=C(c1ccccc1)c1cc(OC)c(O)cc1C[C@H](C)c1ccc(OC)cc1CCC. The molecule has 0 saturated heterocycles. The molecule has 0 saturated carbocycles. The highest BCUT2D eigenvalue weighted by Gasteiger charge is 2.18. The molecule has 0 aliphatic rings. The van der Waals surface area contributed by atoms with Gasteiger partial charge in [0.1, 0.15) is 5.75 Å². The molecule has 0 amide bonds. The first kappa shape index (κ1) is 22.5. The standard InChI is InChI=1S/C28H32O3/c1-6-10-22-16-24(30-4)13-14-25(22)19(2)15-23-17-27(29)28(31-5)18-26(23)20(3)21-11-8-7-9-12-21/h7-9,11-14,16-19,29H,3,6,10,15H2,1-2,4-5H3/t19-/m0/s1. The van der Waals surface area contributed by atoms with Crippen LogP contribution in [-0.2, 0) is 12.8 Å². The average Bonchev–Trinajstić information content (AvgIpc) is 2.79. The van der Waals surface area contributed by atoms with Gasteiger partial charge in [-0.15, -0.1) is 0 Å². The van der Waals surface area contributed by atoms with E-state index in [2.05, 4.69) is 44.7 Å². The minimum atomic E-state index is 0.151. The van der Waals surface area contributed by atoms with E-state index in [1.807, 2.05) is 36.4 Å². The van der Waals surface area contributed by atoms with Crippen molar-refractivity contribution in [3.8, 4) is 17.2 Å². The van der Waals surface area contributed by atoms with Gasteiger partial charge in [0.15, 0.2) is 11.5 Å². The van der Waals surface area contributed by atoms with Crippen LogP contribution in [0.15, 0.2) is 67.2 Å². The molecule has 0 aliphatic carbocycles. The summed E-state index contributed by atoms with van der Waals surface area (Å²) in [5.74, 6) is 1.76. The largest absolute Gasteiger partial charge is 0.504 e. The van der Waals surface area contributed by atoms with Gasteiger partial charge in [-0.2, -0.15) is 0 Å². The van der Waals surface area contributed by atoms with E-state index < -0.39 is 0 Å². The van der Waals surface area contributed by atoms with Crippen molar-refractivity contribution in [1.29, 1.82) is 0 Å². The quantitative estimate of drug-likeness (QED) is 0.418. The van der Waals surface area contributed by atoms with E-state index in [9.17, 15) is 5.11 Å². The third-order valence-electron chi connectivity index (χ3n) is 5.78. The summed E-state index contributed by atoms with van der Waals surface area (Å²) in [5.41, 5.74) is 6.66. The van der Waals surface area contributed by atoms with Crippen LogP contribution < -0.4 is 9.47 Å². The molecule has 1 atom stereocenters. The second-order valence-corrected chi connectivity index (χ2v) is 7.95. The molecule has 162 valence electrons. The van der Waals surface area contributed by atoms with Crippen molar-refractivity contribution < 1.29 is 14.6 Å². The van der Waals surface area contributed by atoms with E-state index in [1.54, 1.807) is 14.2 Å². The zero-order valence-electron chi connectivity index (χ0n) is 18.9. The maximum absolute atomic E-state index is 10.5. The van der Waals surface area contributed by atoms with Gasteiger partial charge in [0.25, 0.3) is 0 Å². The van der Waals surface area contributed by atoms with E-state index in [0.29, 0.717) is 5.75 Å². The highest BCUT2D eigenvalue weighted by Crippen LogP contribution is 2.37. The fourth-order valence-corrected chi connectivity index (χ4v) is 4.14. The fraction of sp³-hybridized carbons (Fsp3) is 0.286. The fourth-order valence-electron chi connectivity index (χ4n) is 4.14. The maximum atomic E-state index is 10.5. The number of aromatic hydroxyl groups is 1. The lowest BCUT2D eigenvalue weighted by molar-refractivity contribution is 0.373. The lowest BCUT2D eigenvalue weighted by Gasteiger charge is -2.21. The Morgan fingerprint density at radius 2 is 1.71 bits per heavy atom. The smallest absolute Gasteiger partial charge is 0.161 e. The Labute approximate surface area is 186 Å². The number of hydrogen-bond acceptors (Lipinski definition) is 3. The van der Waals surface area contributed by atoms with Gasteiger partial charge in [-0.05, 0) is 76.4 Å². The first-order valence-electron chi connectivity index (χ1n) is 10.8. The minimum absolute atomic E-state index is 0.151. The number of aryl methyl sites for hydroxylation is 1. The van der Waals surface area contributed by atoms with Gasteiger partial charge >= 0.3 is 0 Å². The summed E-state index contributed by atoms with van der Waals surface area (Å²) < 4.78 is 10.8. The summed E-state index contributed by atoms with van der Waals surface area (Å²) in [7, 11) is 3.27. The average molecular weight is 417 g/mol. The van der Waals surface area contributed by atoms with Crippen LogP contribution in [0.2, 0.25) is 0 Å².